The average Bonchev–Trinajstić information content (AvgIpc) is 2.62. The van der Waals surface area contributed by atoms with Gasteiger partial charge in [0.1, 0.15) is 0 Å². The Bertz CT molecular complexity index is 287. The molecule has 3 nitrogen and oxygen atoms in total. The molecule has 2 rings (SSSR count). The molecule has 0 amide bonds. The number of aliphatic hydroxyl groups is 1. The fourth-order valence-electron chi connectivity index (χ4n) is 2.15. The maximum Gasteiger partial charge on any atom is 0.0689 e. The summed E-state index contributed by atoms with van der Waals surface area (Å²) in [5, 5.41) is 14.2. The quantitative estimate of drug-likeness (QED) is 0.744. The lowest BCUT2D eigenvalue weighted by atomic mass is 9.95. The topological polar surface area (TPSA) is 38.0 Å². The largest absolute Gasteiger partial charge is 0.390 e. The Labute approximate surface area is 78.4 Å². The van der Waals surface area contributed by atoms with Crippen molar-refractivity contribution in [2.75, 3.05) is 0 Å². The van der Waals surface area contributed by atoms with E-state index in [4.69, 9.17) is 0 Å². The molecule has 0 bridgehead atoms. The SMILES string of the molecule is Cn1cc(CC2(O)CCCC2)cn1. The third-order valence-electron chi connectivity index (χ3n) is 2.83. The van der Waals surface area contributed by atoms with Crippen LogP contribution in [-0.4, -0.2) is 20.5 Å². The van der Waals surface area contributed by atoms with E-state index in [0.29, 0.717) is 0 Å². The summed E-state index contributed by atoms with van der Waals surface area (Å²) < 4.78 is 1.79. The highest BCUT2D eigenvalue weighted by molar-refractivity contribution is 5.09. The molecule has 1 fully saturated rings. The van der Waals surface area contributed by atoms with Gasteiger partial charge in [-0.25, -0.2) is 0 Å². The van der Waals surface area contributed by atoms with E-state index in [9.17, 15) is 5.11 Å². The van der Waals surface area contributed by atoms with Crippen LogP contribution in [0.3, 0.4) is 0 Å². The van der Waals surface area contributed by atoms with Gasteiger partial charge in [-0.1, -0.05) is 12.8 Å². The summed E-state index contributed by atoms with van der Waals surface area (Å²) >= 11 is 0. The Morgan fingerprint density at radius 2 is 2.23 bits per heavy atom. The molecule has 1 heterocycles. The second-order valence-corrected chi connectivity index (χ2v) is 4.13. The van der Waals surface area contributed by atoms with Gasteiger partial charge in [0.2, 0.25) is 0 Å². The van der Waals surface area contributed by atoms with Crippen LogP contribution in [0.25, 0.3) is 0 Å². The minimum Gasteiger partial charge on any atom is -0.390 e. The summed E-state index contributed by atoms with van der Waals surface area (Å²) in [6.45, 7) is 0. The molecule has 0 atom stereocenters. The first-order chi connectivity index (χ1) is 6.18. The van der Waals surface area contributed by atoms with Crippen molar-refractivity contribution in [3.63, 3.8) is 0 Å². The lowest BCUT2D eigenvalue weighted by Gasteiger charge is -2.20. The minimum atomic E-state index is -0.441. The van der Waals surface area contributed by atoms with E-state index in [1.54, 1.807) is 4.68 Å². The van der Waals surface area contributed by atoms with Gasteiger partial charge in [-0.15, -0.1) is 0 Å². The highest BCUT2D eigenvalue weighted by Gasteiger charge is 2.31. The maximum absolute atomic E-state index is 10.1. The van der Waals surface area contributed by atoms with E-state index in [2.05, 4.69) is 5.10 Å². The van der Waals surface area contributed by atoms with Gasteiger partial charge in [-0.3, -0.25) is 4.68 Å². The van der Waals surface area contributed by atoms with Crippen LogP contribution in [0.5, 0.6) is 0 Å². The summed E-state index contributed by atoms with van der Waals surface area (Å²) in [7, 11) is 1.90. The lowest BCUT2D eigenvalue weighted by molar-refractivity contribution is 0.0482. The van der Waals surface area contributed by atoms with Crippen molar-refractivity contribution in [1.82, 2.24) is 9.78 Å². The molecule has 1 aliphatic rings. The first kappa shape index (κ1) is 8.75. The van der Waals surface area contributed by atoms with Crippen LogP contribution < -0.4 is 0 Å². The molecule has 13 heavy (non-hydrogen) atoms. The summed E-state index contributed by atoms with van der Waals surface area (Å²) in [4.78, 5) is 0. The van der Waals surface area contributed by atoms with Gasteiger partial charge in [0.05, 0.1) is 11.8 Å². The van der Waals surface area contributed by atoms with Gasteiger partial charge in [0.15, 0.2) is 0 Å². The highest BCUT2D eigenvalue weighted by Crippen LogP contribution is 2.32. The monoisotopic (exact) mass is 180 g/mol. The van der Waals surface area contributed by atoms with Gasteiger partial charge < -0.3 is 5.11 Å². The zero-order valence-corrected chi connectivity index (χ0v) is 8.03. The lowest BCUT2D eigenvalue weighted by Crippen LogP contribution is -2.26. The van der Waals surface area contributed by atoms with E-state index in [1.165, 1.54) is 0 Å². The molecule has 0 unspecified atom stereocenters. The van der Waals surface area contributed by atoms with Gasteiger partial charge >= 0.3 is 0 Å². The normalized spacial score (nSPS) is 20.8. The predicted molar refractivity (Wildman–Crippen MR) is 50.3 cm³/mol. The van der Waals surface area contributed by atoms with Crippen LogP contribution in [0.15, 0.2) is 12.4 Å². The van der Waals surface area contributed by atoms with Crippen molar-refractivity contribution in [2.45, 2.75) is 37.7 Å². The fourth-order valence-corrected chi connectivity index (χ4v) is 2.15. The molecule has 1 aromatic heterocycles. The molecule has 1 saturated carbocycles. The second kappa shape index (κ2) is 3.14. The van der Waals surface area contributed by atoms with Crippen LogP contribution in [0.1, 0.15) is 31.2 Å². The summed E-state index contributed by atoms with van der Waals surface area (Å²) in [5.41, 5.74) is 0.704. The molecule has 1 N–H and O–H groups in total. The van der Waals surface area contributed by atoms with Crippen molar-refractivity contribution >= 4 is 0 Å². The number of aromatic nitrogens is 2. The molecule has 0 radical (unpaired) electrons. The Hall–Kier alpha value is -0.830. The van der Waals surface area contributed by atoms with Crippen LogP contribution in [0.4, 0.5) is 0 Å². The Balaban J connectivity index is 2.04. The zero-order valence-electron chi connectivity index (χ0n) is 8.03. The third-order valence-corrected chi connectivity index (χ3v) is 2.83. The van der Waals surface area contributed by atoms with Crippen molar-refractivity contribution in [3.8, 4) is 0 Å². The zero-order chi connectivity index (χ0) is 9.31. The molecule has 72 valence electrons. The van der Waals surface area contributed by atoms with Crippen LogP contribution in [0.2, 0.25) is 0 Å². The van der Waals surface area contributed by atoms with Crippen molar-refractivity contribution in [3.05, 3.63) is 18.0 Å². The minimum absolute atomic E-state index is 0.441. The molecular formula is C10H16N2O. The van der Waals surface area contributed by atoms with Gasteiger partial charge in [0, 0.05) is 19.7 Å². The van der Waals surface area contributed by atoms with Crippen molar-refractivity contribution < 1.29 is 5.11 Å². The van der Waals surface area contributed by atoms with Crippen LogP contribution in [0, 0.1) is 0 Å². The van der Waals surface area contributed by atoms with E-state index in [0.717, 1.165) is 37.7 Å². The summed E-state index contributed by atoms with van der Waals surface area (Å²) in [5.74, 6) is 0. The third kappa shape index (κ3) is 1.91. The molecule has 1 aromatic rings. The summed E-state index contributed by atoms with van der Waals surface area (Å²) in [6.07, 6.45) is 8.81. The second-order valence-electron chi connectivity index (χ2n) is 4.13. The first-order valence-corrected chi connectivity index (χ1v) is 4.88. The number of hydrogen-bond acceptors (Lipinski definition) is 2. The van der Waals surface area contributed by atoms with Crippen molar-refractivity contribution in [1.29, 1.82) is 0 Å². The Morgan fingerprint density at radius 3 is 2.77 bits per heavy atom. The van der Waals surface area contributed by atoms with Gasteiger partial charge in [-0.05, 0) is 18.4 Å². The molecular weight excluding hydrogens is 164 g/mol. The van der Waals surface area contributed by atoms with E-state index >= 15 is 0 Å². The average molecular weight is 180 g/mol. The molecule has 0 spiro atoms. The van der Waals surface area contributed by atoms with Crippen molar-refractivity contribution in [2.24, 2.45) is 7.05 Å². The predicted octanol–water partition coefficient (Wildman–Crippen LogP) is 1.27. The van der Waals surface area contributed by atoms with Gasteiger partial charge in [-0.2, -0.15) is 5.10 Å². The van der Waals surface area contributed by atoms with Gasteiger partial charge in [0.25, 0.3) is 0 Å². The number of aryl methyl sites for hydroxylation is 1. The molecule has 0 saturated heterocycles. The number of rotatable bonds is 2. The van der Waals surface area contributed by atoms with Crippen LogP contribution in [-0.2, 0) is 13.5 Å². The Kier molecular flexibility index (Phi) is 2.12. The van der Waals surface area contributed by atoms with E-state index < -0.39 is 5.60 Å². The molecule has 1 aliphatic carbocycles. The smallest absolute Gasteiger partial charge is 0.0689 e. The van der Waals surface area contributed by atoms with Crippen LogP contribution >= 0.6 is 0 Å². The molecule has 0 aliphatic heterocycles. The highest BCUT2D eigenvalue weighted by atomic mass is 16.3. The Morgan fingerprint density at radius 1 is 1.54 bits per heavy atom. The first-order valence-electron chi connectivity index (χ1n) is 4.88. The molecule has 3 heteroatoms. The maximum atomic E-state index is 10.1. The number of hydrogen-bond donors (Lipinski definition) is 1. The standard InChI is InChI=1S/C10H16N2O/c1-12-8-9(7-11-12)6-10(13)4-2-3-5-10/h7-8,13H,2-6H2,1H3. The fraction of sp³-hybridized carbons (Fsp3) is 0.700. The van der Waals surface area contributed by atoms with E-state index in [-0.39, 0.29) is 0 Å². The molecule has 0 aromatic carbocycles. The summed E-state index contributed by atoms with van der Waals surface area (Å²) in [6, 6.07) is 0. The number of nitrogens with zero attached hydrogens (tertiary/aromatic N) is 2. The van der Waals surface area contributed by atoms with E-state index in [1.807, 2.05) is 19.4 Å².